The molecular formula is C28H39N3O6. The Morgan fingerprint density at radius 2 is 1.86 bits per heavy atom. The zero-order valence-electron chi connectivity index (χ0n) is 22.6. The van der Waals surface area contributed by atoms with Gasteiger partial charge >= 0.3 is 12.1 Å². The maximum Gasteiger partial charge on any atom is 0.410 e. The first kappa shape index (κ1) is 26.9. The molecule has 37 heavy (non-hydrogen) atoms. The van der Waals surface area contributed by atoms with Gasteiger partial charge in [0.1, 0.15) is 18.1 Å². The van der Waals surface area contributed by atoms with Gasteiger partial charge in [0.2, 0.25) is 0 Å². The Balaban J connectivity index is 1.36. The highest BCUT2D eigenvalue weighted by atomic mass is 16.6. The molecule has 1 amide bonds. The number of carbonyl (C=O) groups is 2. The van der Waals surface area contributed by atoms with Crippen LogP contribution in [0.5, 0.6) is 5.75 Å². The van der Waals surface area contributed by atoms with Gasteiger partial charge in [-0.05, 0) is 77.8 Å². The lowest BCUT2D eigenvalue weighted by Crippen LogP contribution is -2.35. The second kappa shape index (κ2) is 12.0. The van der Waals surface area contributed by atoms with Crippen molar-refractivity contribution in [1.82, 2.24) is 15.0 Å². The Bertz CT molecular complexity index is 1090. The quantitative estimate of drug-likeness (QED) is 0.390. The maximum absolute atomic E-state index is 12.6. The van der Waals surface area contributed by atoms with Crippen molar-refractivity contribution in [2.24, 2.45) is 5.92 Å². The average molecular weight is 514 g/mol. The summed E-state index contributed by atoms with van der Waals surface area (Å²) in [7, 11) is 1.80. The van der Waals surface area contributed by atoms with Crippen LogP contribution in [0.4, 0.5) is 4.79 Å². The Morgan fingerprint density at radius 3 is 2.57 bits per heavy atom. The van der Waals surface area contributed by atoms with Crippen LogP contribution >= 0.6 is 0 Å². The fourth-order valence-electron chi connectivity index (χ4n) is 5.28. The van der Waals surface area contributed by atoms with Crippen molar-refractivity contribution in [2.45, 2.75) is 104 Å². The van der Waals surface area contributed by atoms with E-state index in [0.29, 0.717) is 34.9 Å². The zero-order valence-corrected chi connectivity index (χ0v) is 22.6. The van der Waals surface area contributed by atoms with Crippen LogP contribution in [-0.4, -0.2) is 52.4 Å². The standard InChI is InChI=1S/C28H39N3O6/c1-17(2)35-26(32)15-20-10-11-22(14-20)36-25-13-12-24(29-19(25)4)27-23(18(3)30-37-27)16-34-28(33)31(5)21-8-6-7-9-21/h12-13,17,20-22H,6-11,14-16H2,1-5H3. The van der Waals surface area contributed by atoms with E-state index in [1.54, 1.807) is 11.9 Å². The minimum absolute atomic E-state index is 0.0440. The van der Waals surface area contributed by atoms with Crippen LogP contribution in [0, 0.1) is 19.8 Å². The predicted octanol–water partition coefficient (Wildman–Crippen LogP) is 5.75. The molecule has 0 spiro atoms. The van der Waals surface area contributed by atoms with E-state index >= 15 is 0 Å². The molecule has 9 nitrogen and oxygen atoms in total. The molecule has 2 aromatic heterocycles. The third kappa shape index (κ3) is 6.81. The van der Waals surface area contributed by atoms with E-state index in [1.165, 1.54) is 0 Å². The van der Waals surface area contributed by atoms with Crippen LogP contribution < -0.4 is 4.74 Å². The number of rotatable bonds is 9. The van der Waals surface area contributed by atoms with Gasteiger partial charge in [0.15, 0.2) is 5.76 Å². The summed E-state index contributed by atoms with van der Waals surface area (Å²) >= 11 is 0. The molecule has 0 aliphatic heterocycles. The number of aromatic nitrogens is 2. The summed E-state index contributed by atoms with van der Waals surface area (Å²) in [4.78, 5) is 31.0. The molecule has 2 heterocycles. The highest BCUT2D eigenvalue weighted by molar-refractivity contribution is 5.70. The summed E-state index contributed by atoms with van der Waals surface area (Å²) in [5, 5.41) is 4.09. The molecule has 4 rings (SSSR count). The van der Waals surface area contributed by atoms with Crippen molar-refractivity contribution >= 4 is 12.1 Å². The minimum atomic E-state index is -0.335. The van der Waals surface area contributed by atoms with Crippen molar-refractivity contribution in [3.63, 3.8) is 0 Å². The minimum Gasteiger partial charge on any atom is -0.489 e. The molecule has 2 saturated carbocycles. The number of esters is 1. The first-order chi connectivity index (χ1) is 17.7. The third-order valence-corrected chi connectivity index (χ3v) is 7.36. The van der Waals surface area contributed by atoms with Gasteiger partial charge in [-0.3, -0.25) is 4.79 Å². The van der Waals surface area contributed by atoms with Crippen LogP contribution in [0.3, 0.4) is 0 Å². The highest BCUT2D eigenvalue weighted by Gasteiger charge is 2.29. The third-order valence-electron chi connectivity index (χ3n) is 7.36. The summed E-state index contributed by atoms with van der Waals surface area (Å²) in [6.07, 6.45) is 7.05. The zero-order chi connectivity index (χ0) is 26.5. The van der Waals surface area contributed by atoms with E-state index in [4.69, 9.17) is 23.7 Å². The predicted molar refractivity (Wildman–Crippen MR) is 137 cm³/mol. The molecule has 2 aliphatic rings. The van der Waals surface area contributed by atoms with Gasteiger partial charge in [-0.2, -0.15) is 0 Å². The molecule has 2 aliphatic carbocycles. The fraction of sp³-hybridized carbons (Fsp3) is 0.643. The van der Waals surface area contributed by atoms with Crippen molar-refractivity contribution in [1.29, 1.82) is 0 Å². The lowest BCUT2D eigenvalue weighted by Gasteiger charge is -2.23. The van der Waals surface area contributed by atoms with Gasteiger partial charge in [-0.25, -0.2) is 9.78 Å². The molecular weight excluding hydrogens is 474 g/mol. The van der Waals surface area contributed by atoms with Crippen LogP contribution in [0.15, 0.2) is 16.7 Å². The van der Waals surface area contributed by atoms with Crippen LogP contribution in [-0.2, 0) is 20.9 Å². The van der Waals surface area contributed by atoms with Crippen LogP contribution in [0.25, 0.3) is 11.5 Å². The Hall–Kier alpha value is -3.10. The summed E-state index contributed by atoms with van der Waals surface area (Å²) in [5.74, 6) is 1.34. The van der Waals surface area contributed by atoms with Gasteiger partial charge in [0, 0.05) is 19.5 Å². The number of aryl methyl sites for hydroxylation is 2. The van der Waals surface area contributed by atoms with Gasteiger partial charge in [-0.1, -0.05) is 18.0 Å². The Labute approximate surface area is 218 Å². The van der Waals surface area contributed by atoms with E-state index in [0.717, 1.165) is 50.6 Å². The Kier molecular flexibility index (Phi) is 8.71. The van der Waals surface area contributed by atoms with Crippen molar-refractivity contribution in [3.8, 4) is 17.2 Å². The average Bonchev–Trinajstić information content (AvgIpc) is 3.60. The summed E-state index contributed by atoms with van der Waals surface area (Å²) < 4.78 is 22.7. The van der Waals surface area contributed by atoms with Crippen molar-refractivity contribution in [3.05, 3.63) is 29.1 Å². The van der Waals surface area contributed by atoms with Crippen LogP contribution in [0.2, 0.25) is 0 Å². The molecule has 2 aromatic rings. The largest absolute Gasteiger partial charge is 0.489 e. The number of carbonyl (C=O) groups excluding carboxylic acids is 2. The SMILES string of the molecule is Cc1nc(-c2onc(C)c2COC(=O)N(C)C2CCCC2)ccc1OC1CCC(CC(=O)OC(C)C)C1. The summed E-state index contributed by atoms with van der Waals surface area (Å²) in [6.45, 7) is 7.52. The molecule has 0 aromatic carbocycles. The van der Waals surface area contributed by atoms with E-state index in [1.807, 2.05) is 39.8 Å². The first-order valence-electron chi connectivity index (χ1n) is 13.4. The number of hydrogen-bond acceptors (Lipinski definition) is 8. The Morgan fingerprint density at radius 1 is 1.11 bits per heavy atom. The van der Waals surface area contributed by atoms with Crippen molar-refractivity contribution in [2.75, 3.05) is 7.05 Å². The first-order valence-corrected chi connectivity index (χ1v) is 13.4. The number of hydrogen-bond donors (Lipinski definition) is 0. The number of ether oxygens (including phenoxy) is 3. The molecule has 0 radical (unpaired) electrons. The van der Waals surface area contributed by atoms with E-state index in [2.05, 4.69) is 5.16 Å². The van der Waals surface area contributed by atoms with Gasteiger partial charge in [0.05, 0.1) is 29.2 Å². The molecule has 202 valence electrons. The molecule has 9 heteroatoms. The monoisotopic (exact) mass is 513 g/mol. The van der Waals surface area contributed by atoms with Gasteiger partial charge in [-0.15, -0.1) is 0 Å². The molecule has 2 unspecified atom stereocenters. The fourth-order valence-corrected chi connectivity index (χ4v) is 5.28. The summed E-state index contributed by atoms with van der Waals surface area (Å²) in [6, 6.07) is 3.97. The van der Waals surface area contributed by atoms with Gasteiger partial charge in [0.25, 0.3) is 0 Å². The van der Waals surface area contributed by atoms with E-state index in [9.17, 15) is 9.59 Å². The lowest BCUT2D eigenvalue weighted by atomic mass is 10.0. The number of amides is 1. The molecule has 2 atom stereocenters. The normalized spacial score (nSPS) is 19.8. The second-order valence-corrected chi connectivity index (χ2v) is 10.6. The maximum atomic E-state index is 12.6. The molecule has 0 bridgehead atoms. The topological polar surface area (TPSA) is 104 Å². The number of pyridine rings is 1. The van der Waals surface area contributed by atoms with Gasteiger partial charge < -0.3 is 23.6 Å². The number of nitrogens with zero attached hydrogens (tertiary/aromatic N) is 3. The second-order valence-electron chi connectivity index (χ2n) is 10.6. The van der Waals surface area contributed by atoms with E-state index < -0.39 is 0 Å². The molecule has 0 saturated heterocycles. The van der Waals surface area contributed by atoms with E-state index in [-0.39, 0.29) is 42.8 Å². The smallest absolute Gasteiger partial charge is 0.410 e. The molecule has 0 N–H and O–H groups in total. The lowest BCUT2D eigenvalue weighted by molar-refractivity contribution is -0.148. The molecule has 2 fully saturated rings. The highest BCUT2D eigenvalue weighted by Crippen LogP contribution is 2.34. The summed E-state index contributed by atoms with van der Waals surface area (Å²) in [5.41, 5.74) is 2.72. The van der Waals surface area contributed by atoms with Crippen LogP contribution in [0.1, 0.15) is 82.2 Å². The van der Waals surface area contributed by atoms with Crippen molar-refractivity contribution < 1.29 is 28.3 Å².